The third-order valence-electron chi connectivity index (χ3n) is 8.94. The summed E-state index contributed by atoms with van der Waals surface area (Å²) in [6.45, 7) is 8.94. The largest absolute Gasteiger partial charge is 0.573 e. The van der Waals surface area contributed by atoms with Gasteiger partial charge in [0.25, 0.3) is 5.56 Å². The van der Waals surface area contributed by atoms with Crippen LogP contribution in [0.4, 0.5) is 18.9 Å². The molecule has 2 N–H and O–H groups in total. The molecule has 6 nitrogen and oxygen atoms in total. The Kier molecular flexibility index (Phi) is 7.59. The number of halogens is 3. The van der Waals surface area contributed by atoms with E-state index in [0.29, 0.717) is 17.2 Å². The number of hydrogen-bond donors (Lipinski definition) is 2. The Balaban J connectivity index is 1.41. The standard InChI is InChI=1S/C37H38F3N3O3/c1-35(2)20-30(21-36(3,4)41-35)43(6)29-10-9-23-13-22-7-8-25(14-26(22)15-27(23)16-29)34-31(44)17-28(18-32(34)46-37(38,39)40)24-11-12-42(5)33(45)19-24/h7-19,30,41,44H,20-21H2,1-6H3. The van der Waals surface area contributed by atoms with Gasteiger partial charge in [0, 0.05) is 49.2 Å². The van der Waals surface area contributed by atoms with Gasteiger partial charge in [-0.15, -0.1) is 13.2 Å². The van der Waals surface area contributed by atoms with Gasteiger partial charge in [-0.05, 0) is 127 Å². The SMILES string of the molecule is CN(c1ccc2cc3ccc(-c4c(O)cc(-c5ccn(C)c(=O)c5)cc4OC(F)(F)F)cc3cc2c1)C1CC(C)(C)NC(C)(C)C1. The van der Waals surface area contributed by atoms with Crippen molar-refractivity contribution >= 4 is 27.2 Å². The van der Waals surface area contributed by atoms with Gasteiger partial charge in [-0.2, -0.15) is 0 Å². The lowest BCUT2D eigenvalue weighted by Gasteiger charge is -2.49. The van der Waals surface area contributed by atoms with Gasteiger partial charge in [0.05, 0.1) is 5.56 Å². The van der Waals surface area contributed by atoms with E-state index in [-0.39, 0.29) is 27.8 Å². The fourth-order valence-corrected chi connectivity index (χ4v) is 7.10. The summed E-state index contributed by atoms with van der Waals surface area (Å²) < 4.78 is 46.6. The van der Waals surface area contributed by atoms with Crippen molar-refractivity contribution in [1.82, 2.24) is 9.88 Å². The second-order valence-corrected chi connectivity index (χ2v) is 13.8. The average molecular weight is 630 g/mol. The zero-order chi connectivity index (χ0) is 33.2. The monoisotopic (exact) mass is 629 g/mol. The number of piperidine rings is 1. The maximum Gasteiger partial charge on any atom is 0.573 e. The summed E-state index contributed by atoms with van der Waals surface area (Å²) in [5.74, 6) is -0.950. The van der Waals surface area contributed by atoms with Crippen LogP contribution in [0.25, 0.3) is 43.8 Å². The summed E-state index contributed by atoms with van der Waals surface area (Å²) >= 11 is 0. The zero-order valence-corrected chi connectivity index (χ0v) is 26.8. The molecule has 0 saturated carbocycles. The Labute approximate surface area is 266 Å². The van der Waals surface area contributed by atoms with Crippen molar-refractivity contribution in [2.75, 3.05) is 11.9 Å². The van der Waals surface area contributed by atoms with Gasteiger partial charge in [0.2, 0.25) is 0 Å². The molecule has 1 saturated heterocycles. The minimum Gasteiger partial charge on any atom is -0.507 e. The van der Waals surface area contributed by atoms with Crippen molar-refractivity contribution in [3.8, 4) is 33.8 Å². The number of hydrogen-bond acceptors (Lipinski definition) is 5. The number of rotatable bonds is 5. The number of phenolic OH excluding ortho intramolecular Hbond substituents is 1. The predicted molar refractivity (Wildman–Crippen MR) is 179 cm³/mol. The number of benzene rings is 4. The van der Waals surface area contributed by atoms with E-state index in [9.17, 15) is 23.1 Å². The molecule has 0 atom stereocenters. The number of aryl methyl sites for hydroxylation is 1. The van der Waals surface area contributed by atoms with Crippen molar-refractivity contribution in [2.45, 2.75) is 64.0 Å². The van der Waals surface area contributed by atoms with Gasteiger partial charge in [-0.1, -0.05) is 18.2 Å². The highest BCUT2D eigenvalue weighted by atomic mass is 19.4. The van der Waals surface area contributed by atoms with Gasteiger partial charge in [-0.25, -0.2) is 0 Å². The molecule has 5 aromatic rings. The number of pyridine rings is 1. The average Bonchev–Trinajstić information content (AvgIpc) is 2.94. The minimum absolute atomic E-state index is 0.000754. The molecule has 1 aromatic heterocycles. The van der Waals surface area contributed by atoms with Crippen LogP contribution in [-0.2, 0) is 7.05 Å². The molecule has 0 unspecified atom stereocenters. The molecule has 0 bridgehead atoms. The van der Waals surface area contributed by atoms with E-state index in [1.807, 2.05) is 12.1 Å². The molecule has 240 valence electrons. The molecule has 1 aliphatic heterocycles. The van der Waals surface area contributed by atoms with Crippen LogP contribution < -0.4 is 20.5 Å². The topological polar surface area (TPSA) is 66.7 Å². The molecule has 6 rings (SSSR count). The van der Waals surface area contributed by atoms with Crippen LogP contribution in [0.3, 0.4) is 0 Å². The molecule has 0 aliphatic carbocycles. The Bertz CT molecular complexity index is 2010. The Morgan fingerprint density at radius 3 is 2.11 bits per heavy atom. The van der Waals surface area contributed by atoms with Gasteiger partial charge in [-0.3, -0.25) is 4.79 Å². The van der Waals surface area contributed by atoms with E-state index in [2.05, 4.69) is 74.0 Å². The second-order valence-electron chi connectivity index (χ2n) is 13.8. The van der Waals surface area contributed by atoms with E-state index in [1.165, 1.54) is 29.0 Å². The van der Waals surface area contributed by atoms with Gasteiger partial charge >= 0.3 is 6.36 Å². The first-order chi connectivity index (χ1) is 21.5. The van der Waals surface area contributed by atoms with Crippen molar-refractivity contribution in [3.63, 3.8) is 0 Å². The maximum atomic E-state index is 13.6. The van der Waals surface area contributed by atoms with Crippen LogP contribution in [0.2, 0.25) is 0 Å². The smallest absolute Gasteiger partial charge is 0.507 e. The highest BCUT2D eigenvalue weighted by molar-refractivity contribution is 6.01. The summed E-state index contributed by atoms with van der Waals surface area (Å²) in [7, 11) is 3.70. The van der Waals surface area contributed by atoms with Crippen molar-refractivity contribution in [1.29, 1.82) is 0 Å². The van der Waals surface area contributed by atoms with Crippen LogP contribution in [0.5, 0.6) is 11.5 Å². The molecule has 1 aliphatic rings. The molecule has 1 fully saturated rings. The van der Waals surface area contributed by atoms with Crippen LogP contribution in [0, 0.1) is 0 Å². The molecule has 0 radical (unpaired) electrons. The lowest BCUT2D eigenvalue weighted by atomic mass is 9.79. The molecular formula is C37H38F3N3O3. The van der Waals surface area contributed by atoms with Crippen molar-refractivity contribution in [3.05, 3.63) is 89.3 Å². The first-order valence-corrected chi connectivity index (χ1v) is 15.3. The number of nitrogens with one attached hydrogen (secondary N) is 1. The van der Waals surface area contributed by atoms with E-state index in [4.69, 9.17) is 0 Å². The van der Waals surface area contributed by atoms with Crippen LogP contribution in [0.15, 0.2) is 83.8 Å². The van der Waals surface area contributed by atoms with E-state index >= 15 is 0 Å². The number of nitrogens with zero attached hydrogens (tertiary/aromatic N) is 2. The number of fused-ring (bicyclic) bond motifs is 2. The number of ether oxygens (including phenoxy) is 1. The number of alkyl halides is 3. The fourth-order valence-electron chi connectivity index (χ4n) is 7.10. The van der Waals surface area contributed by atoms with Crippen molar-refractivity contribution < 1.29 is 23.0 Å². The molecular weight excluding hydrogens is 591 g/mol. The van der Waals surface area contributed by atoms with Gasteiger partial charge in [0.15, 0.2) is 0 Å². The molecule has 9 heteroatoms. The first kappa shape index (κ1) is 31.5. The van der Waals surface area contributed by atoms with Crippen LogP contribution in [0.1, 0.15) is 40.5 Å². The highest BCUT2D eigenvalue weighted by Gasteiger charge is 2.39. The van der Waals surface area contributed by atoms with Crippen LogP contribution in [-0.4, -0.2) is 40.2 Å². The van der Waals surface area contributed by atoms with Crippen molar-refractivity contribution in [2.24, 2.45) is 7.05 Å². The van der Waals surface area contributed by atoms with E-state index in [0.717, 1.165) is 40.1 Å². The fraction of sp³-hybridized carbons (Fsp3) is 0.324. The van der Waals surface area contributed by atoms with E-state index < -0.39 is 17.9 Å². The third-order valence-corrected chi connectivity index (χ3v) is 8.94. The quantitative estimate of drug-likeness (QED) is 0.191. The van der Waals surface area contributed by atoms with Gasteiger partial charge in [0.1, 0.15) is 11.5 Å². The van der Waals surface area contributed by atoms with E-state index in [1.54, 1.807) is 25.2 Å². The second kappa shape index (κ2) is 11.1. The Morgan fingerprint density at radius 2 is 1.46 bits per heavy atom. The Hall–Kier alpha value is -4.50. The summed E-state index contributed by atoms with van der Waals surface area (Å²) in [5, 5.41) is 18.6. The lowest BCUT2D eigenvalue weighted by molar-refractivity contribution is -0.274. The minimum atomic E-state index is -5.00. The molecule has 0 spiro atoms. The Morgan fingerprint density at radius 1 is 0.826 bits per heavy atom. The first-order valence-electron chi connectivity index (χ1n) is 15.3. The summed E-state index contributed by atoms with van der Waals surface area (Å²) in [4.78, 5) is 14.5. The summed E-state index contributed by atoms with van der Waals surface area (Å²) in [6.07, 6.45) is -1.49. The summed E-state index contributed by atoms with van der Waals surface area (Å²) in [6, 6.07) is 21.5. The molecule has 46 heavy (non-hydrogen) atoms. The number of aromatic nitrogens is 1. The number of anilines is 1. The number of phenols is 1. The zero-order valence-electron chi connectivity index (χ0n) is 26.8. The normalized spacial score (nSPS) is 16.5. The highest BCUT2D eigenvalue weighted by Crippen LogP contribution is 2.44. The lowest BCUT2D eigenvalue weighted by Crippen LogP contribution is -2.61. The summed E-state index contributed by atoms with van der Waals surface area (Å²) in [5.41, 5.74) is 1.62. The van der Waals surface area contributed by atoms with Gasteiger partial charge < -0.3 is 24.6 Å². The third kappa shape index (κ3) is 6.42. The van der Waals surface area contributed by atoms with Crippen LogP contribution >= 0.6 is 0 Å². The molecule has 0 amide bonds. The molecule has 2 heterocycles. The predicted octanol–water partition coefficient (Wildman–Crippen LogP) is 8.38. The number of aromatic hydroxyl groups is 1. The molecule has 4 aromatic carbocycles. The maximum absolute atomic E-state index is 13.6.